The molecule has 1 unspecified atom stereocenters. The molecule has 1 aromatic rings. The van der Waals surface area contributed by atoms with E-state index < -0.39 is 5.97 Å². The minimum atomic E-state index is -0.901. The molecule has 0 aromatic heterocycles. The standard InChI is InChI=1S/C10H11NO4/c12-6-1-2-7-8(11-4-10(13)14)5-15-9(7)3-6/h1-3,8,11-12H,4-5H2,(H,13,14). The summed E-state index contributed by atoms with van der Waals surface area (Å²) in [4.78, 5) is 10.4. The lowest BCUT2D eigenvalue weighted by Gasteiger charge is -2.08. The molecule has 5 nitrogen and oxygen atoms in total. The first-order valence-corrected chi connectivity index (χ1v) is 4.57. The van der Waals surface area contributed by atoms with Gasteiger partial charge >= 0.3 is 5.97 Å². The van der Waals surface area contributed by atoms with Crippen molar-refractivity contribution in [3.05, 3.63) is 23.8 Å². The summed E-state index contributed by atoms with van der Waals surface area (Å²) in [7, 11) is 0. The topological polar surface area (TPSA) is 78.8 Å². The Morgan fingerprint density at radius 2 is 2.40 bits per heavy atom. The fourth-order valence-corrected chi connectivity index (χ4v) is 1.58. The van der Waals surface area contributed by atoms with Gasteiger partial charge in [-0.1, -0.05) is 0 Å². The number of phenolic OH excluding ortho intramolecular Hbond substituents is 1. The van der Waals surface area contributed by atoms with E-state index in [0.717, 1.165) is 5.56 Å². The van der Waals surface area contributed by atoms with Crippen LogP contribution in [0.4, 0.5) is 0 Å². The number of fused-ring (bicyclic) bond motifs is 1. The van der Waals surface area contributed by atoms with Crippen molar-refractivity contribution in [2.75, 3.05) is 13.2 Å². The van der Waals surface area contributed by atoms with Gasteiger partial charge in [0.15, 0.2) is 0 Å². The molecule has 0 saturated carbocycles. The van der Waals surface area contributed by atoms with Crippen molar-refractivity contribution >= 4 is 5.97 Å². The Hall–Kier alpha value is -1.75. The Morgan fingerprint density at radius 1 is 1.60 bits per heavy atom. The van der Waals surface area contributed by atoms with Crippen LogP contribution in [0.5, 0.6) is 11.5 Å². The van der Waals surface area contributed by atoms with Crippen LogP contribution in [0.1, 0.15) is 11.6 Å². The third kappa shape index (κ3) is 2.02. The van der Waals surface area contributed by atoms with Crippen molar-refractivity contribution in [2.24, 2.45) is 0 Å². The summed E-state index contributed by atoms with van der Waals surface area (Å²) in [6, 6.07) is 4.70. The molecular weight excluding hydrogens is 198 g/mol. The first-order chi connectivity index (χ1) is 7.16. The molecule has 0 fully saturated rings. The zero-order valence-corrected chi connectivity index (χ0v) is 7.93. The van der Waals surface area contributed by atoms with E-state index in [1.54, 1.807) is 12.1 Å². The van der Waals surface area contributed by atoms with E-state index in [0.29, 0.717) is 12.4 Å². The number of hydrogen-bond acceptors (Lipinski definition) is 4. The molecule has 0 radical (unpaired) electrons. The van der Waals surface area contributed by atoms with Crippen molar-refractivity contribution in [1.82, 2.24) is 5.32 Å². The number of carboxylic acid groups (broad SMARTS) is 1. The van der Waals surface area contributed by atoms with Crippen LogP contribution in [-0.4, -0.2) is 29.3 Å². The lowest BCUT2D eigenvalue weighted by atomic mass is 10.1. The highest BCUT2D eigenvalue weighted by atomic mass is 16.5. The van der Waals surface area contributed by atoms with E-state index in [1.807, 2.05) is 0 Å². The second-order valence-corrected chi connectivity index (χ2v) is 3.36. The number of nitrogens with one attached hydrogen (secondary N) is 1. The van der Waals surface area contributed by atoms with E-state index in [2.05, 4.69) is 5.32 Å². The van der Waals surface area contributed by atoms with Gasteiger partial charge in [0, 0.05) is 11.6 Å². The fourth-order valence-electron chi connectivity index (χ4n) is 1.58. The predicted octanol–water partition coefficient (Wildman–Crippen LogP) is 0.500. The predicted molar refractivity (Wildman–Crippen MR) is 52.0 cm³/mol. The van der Waals surface area contributed by atoms with Crippen LogP contribution in [0.3, 0.4) is 0 Å². The molecule has 1 heterocycles. The Morgan fingerprint density at radius 3 is 3.13 bits per heavy atom. The number of rotatable bonds is 3. The monoisotopic (exact) mass is 209 g/mol. The maximum atomic E-state index is 10.4. The Bertz CT molecular complexity index is 391. The highest BCUT2D eigenvalue weighted by Gasteiger charge is 2.24. The quantitative estimate of drug-likeness (QED) is 0.675. The Kier molecular flexibility index (Phi) is 2.47. The third-order valence-electron chi connectivity index (χ3n) is 2.28. The molecule has 3 N–H and O–H groups in total. The van der Waals surface area contributed by atoms with Gasteiger partial charge in [-0.15, -0.1) is 0 Å². The minimum Gasteiger partial charge on any atom is -0.508 e. The first kappa shape index (κ1) is 9.79. The van der Waals surface area contributed by atoms with Crippen LogP contribution in [0.25, 0.3) is 0 Å². The maximum Gasteiger partial charge on any atom is 0.317 e. The third-order valence-corrected chi connectivity index (χ3v) is 2.28. The van der Waals surface area contributed by atoms with Crippen molar-refractivity contribution in [3.63, 3.8) is 0 Å². The molecular formula is C10H11NO4. The molecule has 1 atom stereocenters. The molecule has 1 aromatic carbocycles. The largest absolute Gasteiger partial charge is 0.508 e. The minimum absolute atomic E-state index is 0.103. The van der Waals surface area contributed by atoms with E-state index in [9.17, 15) is 9.90 Å². The van der Waals surface area contributed by atoms with Crippen LogP contribution in [0, 0.1) is 0 Å². The highest BCUT2D eigenvalue weighted by molar-refractivity contribution is 5.69. The number of benzene rings is 1. The average Bonchev–Trinajstić information content (AvgIpc) is 2.57. The average molecular weight is 209 g/mol. The number of phenols is 1. The van der Waals surface area contributed by atoms with Crippen LogP contribution in [0.2, 0.25) is 0 Å². The molecule has 1 aliphatic heterocycles. The second kappa shape index (κ2) is 3.78. The number of ether oxygens (including phenoxy) is 1. The molecule has 0 aliphatic carbocycles. The molecule has 0 saturated heterocycles. The van der Waals surface area contributed by atoms with Gasteiger partial charge in [0.25, 0.3) is 0 Å². The summed E-state index contributed by atoms with van der Waals surface area (Å²) in [6.07, 6.45) is 0. The SMILES string of the molecule is O=C(O)CNC1COc2cc(O)ccc21. The van der Waals surface area contributed by atoms with Crippen LogP contribution in [0.15, 0.2) is 18.2 Å². The molecule has 0 amide bonds. The summed E-state index contributed by atoms with van der Waals surface area (Å²) in [5, 5.41) is 20.6. The normalized spacial score (nSPS) is 18.3. The van der Waals surface area contributed by atoms with Crippen molar-refractivity contribution in [1.29, 1.82) is 0 Å². The molecule has 15 heavy (non-hydrogen) atoms. The number of carboxylic acids is 1. The Labute approximate surface area is 86.3 Å². The zero-order valence-electron chi connectivity index (χ0n) is 7.93. The van der Waals surface area contributed by atoms with E-state index in [-0.39, 0.29) is 18.3 Å². The summed E-state index contributed by atoms with van der Waals surface area (Å²) in [5.41, 5.74) is 0.883. The van der Waals surface area contributed by atoms with Gasteiger partial charge in [-0.05, 0) is 12.1 Å². The molecule has 5 heteroatoms. The molecule has 0 bridgehead atoms. The number of hydrogen-bond donors (Lipinski definition) is 3. The second-order valence-electron chi connectivity index (χ2n) is 3.36. The first-order valence-electron chi connectivity index (χ1n) is 4.57. The lowest BCUT2D eigenvalue weighted by molar-refractivity contribution is -0.136. The van der Waals surface area contributed by atoms with Gasteiger partial charge in [-0.2, -0.15) is 0 Å². The Balaban J connectivity index is 2.11. The van der Waals surface area contributed by atoms with Gasteiger partial charge in [-0.3, -0.25) is 10.1 Å². The molecule has 1 aliphatic rings. The lowest BCUT2D eigenvalue weighted by Crippen LogP contribution is -2.28. The van der Waals surface area contributed by atoms with Crippen LogP contribution < -0.4 is 10.1 Å². The van der Waals surface area contributed by atoms with E-state index in [4.69, 9.17) is 9.84 Å². The van der Waals surface area contributed by atoms with Crippen LogP contribution in [-0.2, 0) is 4.79 Å². The molecule has 0 spiro atoms. The summed E-state index contributed by atoms with van der Waals surface area (Å²) in [5.74, 6) is -0.146. The molecule has 2 rings (SSSR count). The van der Waals surface area contributed by atoms with E-state index in [1.165, 1.54) is 6.07 Å². The van der Waals surface area contributed by atoms with E-state index >= 15 is 0 Å². The van der Waals surface area contributed by atoms with Gasteiger partial charge in [0.1, 0.15) is 18.1 Å². The number of aliphatic carboxylic acids is 1. The van der Waals surface area contributed by atoms with Crippen molar-refractivity contribution in [3.8, 4) is 11.5 Å². The maximum absolute atomic E-state index is 10.4. The van der Waals surface area contributed by atoms with Gasteiger partial charge in [-0.25, -0.2) is 0 Å². The fraction of sp³-hybridized carbons (Fsp3) is 0.300. The smallest absolute Gasteiger partial charge is 0.317 e. The van der Waals surface area contributed by atoms with Gasteiger partial charge in [0.05, 0.1) is 12.6 Å². The van der Waals surface area contributed by atoms with Gasteiger partial charge in [0.2, 0.25) is 0 Å². The zero-order chi connectivity index (χ0) is 10.8. The highest BCUT2D eigenvalue weighted by Crippen LogP contribution is 2.34. The number of aromatic hydroxyl groups is 1. The van der Waals surface area contributed by atoms with Crippen LogP contribution >= 0.6 is 0 Å². The summed E-state index contributed by atoms with van der Waals surface area (Å²) >= 11 is 0. The molecule has 80 valence electrons. The van der Waals surface area contributed by atoms with Crippen molar-refractivity contribution in [2.45, 2.75) is 6.04 Å². The summed E-state index contributed by atoms with van der Waals surface area (Å²) in [6.45, 7) is 0.292. The van der Waals surface area contributed by atoms with Gasteiger partial charge < -0.3 is 14.9 Å². The van der Waals surface area contributed by atoms with Crippen molar-refractivity contribution < 1.29 is 19.7 Å². The number of carbonyl (C=O) groups is 1. The summed E-state index contributed by atoms with van der Waals surface area (Å²) < 4.78 is 5.31.